The number of nitrogens with zero attached hydrogens (tertiary/aromatic N) is 2. The molecular weight excluding hydrogens is 435 g/mol. The van der Waals surface area contributed by atoms with Crippen LogP contribution < -0.4 is 0 Å². The molecule has 0 N–H and O–H groups in total. The van der Waals surface area contributed by atoms with E-state index in [1.54, 1.807) is 13.2 Å². The normalized spacial score (nSPS) is 13.7. The number of rotatable bonds is 9. The van der Waals surface area contributed by atoms with E-state index in [0.717, 1.165) is 36.2 Å². The second-order valence-electron chi connectivity index (χ2n) is 9.16. The van der Waals surface area contributed by atoms with Crippen LogP contribution in [-0.4, -0.2) is 31.8 Å². The molecule has 1 aromatic carbocycles. The van der Waals surface area contributed by atoms with Crippen LogP contribution in [0, 0.1) is 0 Å². The Bertz CT molecular complexity index is 839. The fraction of sp³-hybridized carbons (Fsp3) is 0.609. The predicted octanol–water partition coefficient (Wildman–Crippen LogP) is 7.07. The van der Waals surface area contributed by atoms with Gasteiger partial charge in [0.05, 0.1) is 18.8 Å². The Labute approximate surface area is 193 Å². The lowest BCUT2D eigenvalue weighted by Crippen LogP contribution is -2.41. The molecule has 7 heteroatoms. The third-order valence-electron chi connectivity index (χ3n) is 6.10. The van der Waals surface area contributed by atoms with Gasteiger partial charge in [-0.3, -0.25) is 4.68 Å². The maximum Gasteiger partial charge on any atom is 0.192 e. The molecule has 4 nitrogen and oxygen atoms in total. The van der Waals surface area contributed by atoms with Crippen LogP contribution in [0.3, 0.4) is 0 Å². The zero-order valence-corrected chi connectivity index (χ0v) is 22.1. The van der Waals surface area contributed by atoms with Gasteiger partial charge in [-0.1, -0.05) is 57.8 Å². The molecule has 0 fully saturated rings. The van der Waals surface area contributed by atoms with E-state index >= 15 is 0 Å². The Kier molecular flexibility index (Phi) is 8.62. The van der Waals surface area contributed by atoms with Crippen molar-refractivity contribution in [1.82, 2.24) is 9.78 Å². The summed E-state index contributed by atoms with van der Waals surface area (Å²) in [5.74, 6) is 0. The van der Waals surface area contributed by atoms with E-state index in [1.165, 1.54) is 5.69 Å². The summed E-state index contributed by atoms with van der Waals surface area (Å²) in [6, 6.07) is 5.57. The average Bonchev–Trinajstić information content (AvgIpc) is 2.98. The first-order valence-corrected chi connectivity index (χ1v) is 14.3. The Morgan fingerprint density at radius 1 is 1.07 bits per heavy atom. The highest BCUT2D eigenvalue weighted by Gasteiger charge is 2.37. The number of aromatic nitrogens is 2. The Balaban J connectivity index is 2.38. The zero-order chi connectivity index (χ0) is 22.7. The van der Waals surface area contributed by atoms with Crippen LogP contribution >= 0.6 is 23.2 Å². The number of hydrogen-bond acceptors (Lipinski definition) is 3. The minimum absolute atomic E-state index is 0.192. The molecule has 0 saturated heterocycles. The molecule has 2 aromatic rings. The van der Waals surface area contributed by atoms with Crippen molar-refractivity contribution in [2.45, 2.75) is 78.2 Å². The SMILES string of the molecule is CCc1nn(CCO[Si](C)(C)C(C)(C)C)c(CC)c1C(OC)c1cc(Cl)cc(Cl)c1. The topological polar surface area (TPSA) is 36.3 Å². The molecule has 0 aliphatic rings. The van der Waals surface area contributed by atoms with Crippen LogP contribution in [0.25, 0.3) is 0 Å². The van der Waals surface area contributed by atoms with E-state index in [1.807, 2.05) is 12.1 Å². The smallest absolute Gasteiger partial charge is 0.192 e. The quantitative estimate of drug-likeness (QED) is 0.367. The highest BCUT2D eigenvalue weighted by Crippen LogP contribution is 2.37. The van der Waals surface area contributed by atoms with E-state index in [4.69, 9.17) is 37.5 Å². The summed E-state index contributed by atoms with van der Waals surface area (Å²) in [5, 5.41) is 6.32. The van der Waals surface area contributed by atoms with Crippen molar-refractivity contribution < 1.29 is 9.16 Å². The standard InChI is InChI=1S/C23H36Cl2N2O2Si/c1-9-19-21(22(28-6)16-13-17(24)15-18(25)14-16)20(10-2)27(26-19)11-12-29-30(7,8)23(3,4)5/h13-15,22H,9-12H2,1-8H3. The van der Waals surface area contributed by atoms with Crippen LogP contribution in [0.5, 0.6) is 0 Å². The summed E-state index contributed by atoms with van der Waals surface area (Å²) in [6.07, 6.45) is 1.42. The van der Waals surface area contributed by atoms with Gasteiger partial charge in [0.15, 0.2) is 8.32 Å². The molecule has 0 aliphatic heterocycles. The van der Waals surface area contributed by atoms with E-state index in [2.05, 4.69) is 52.4 Å². The largest absolute Gasteiger partial charge is 0.415 e. The van der Waals surface area contributed by atoms with Gasteiger partial charge in [-0.25, -0.2) is 0 Å². The maximum absolute atomic E-state index is 6.39. The molecule has 1 unspecified atom stereocenters. The van der Waals surface area contributed by atoms with Gasteiger partial charge in [0.1, 0.15) is 6.10 Å². The van der Waals surface area contributed by atoms with Crippen LogP contribution in [-0.2, 0) is 28.5 Å². The van der Waals surface area contributed by atoms with Gasteiger partial charge in [-0.2, -0.15) is 5.10 Å². The molecular formula is C23H36Cl2N2O2Si. The van der Waals surface area contributed by atoms with Crippen molar-refractivity contribution in [1.29, 1.82) is 0 Å². The summed E-state index contributed by atoms with van der Waals surface area (Å²) in [5.41, 5.74) is 4.28. The van der Waals surface area contributed by atoms with E-state index in [0.29, 0.717) is 16.7 Å². The molecule has 0 radical (unpaired) electrons. The third-order valence-corrected chi connectivity index (χ3v) is 11.1. The lowest BCUT2D eigenvalue weighted by atomic mass is 9.97. The minimum atomic E-state index is -1.79. The predicted molar refractivity (Wildman–Crippen MR) is 129 cm³/mol. The first kappa shape index (κ1) is 25.4. The molecule has 0 saturated carbocycles. The first-order chi connectivity index (χ1) is 13.9. The molecule has 0 aliphatic carbocycles. The summed E-state index contributed by atoms with van der Waals surface area (Å²) < 4.78 is 14.4. The molecule has 0 bridgehead atoms. The third kappa shape index (κ3) is 5.68. The van der Waals surface area contributed by atoms with Crippen LogP contribution in [0.15, 0.2) is 18.2 Å². The second kappa shape index (κ2) is 10.2. The number of aryl methyl sites for hydroxylation is 1. The monoisotopic (exact) mass is 470 g/mol. The Morgan fingerprint density at radius 3 is 2.13 bits per heavy atom. The molecule has 30 heavy (non-hydrogen) atoms. The lowest BCUT2D eigenvalue weighted by Gasteiger charge is -2.36. The van der Waals surface area contributed by atoms with Crippen LogP contribution in [0.1, 0.15) is 63.2 Å². The molecule has 0 spiro atoms. The maximum atomic E-state index is 6.39. The number of methoxy groups -OCH3 is 1. The van der Waals surface area contributed by atoms with Gasteiger partial charge in [-0.15, -0.1) is 0 Å². The van der Waals surface area contributed by atoms with E-state index < -0.39 is 8.32 Å². The molecule has 1 heterocycles. The Hall–Kier alpha value is -0.853. The lowest BCUT2D eigenvalue weighted by molar-refractivity contribution is 0.135. The fourth-order valence-corrected chi connectivity index (χ4v) is 5.02. The zero-order valence-electron chi connectivity index (χ0n) is 19.6. The van der Waals surface area contributed by atoms with Crippen molar-refractivity contribution in [3.8, 4) is 0 Å². The van der Waals surface area contributed by atoms with E-state index in [-0.39, 0.29) is 11.1 Å². The van der Waals surface area contributed by atoms with Crippen molar-refractivity contribution >= 4 is 31.5 Å². The molecule has 0 amide bonds. The minimum Gasteiger partial charge on any atom is -0.415 e. The summed E-state index contributed by atoms with van der Waals surface area (Å²) in [4.78, 5) is 0. The summed E-state index contributed by atoms with van der Waals surface area (Å²) in [6.45, 7) is 17.0. The van der Waals surface area contributed by atoms with Gasteiger partial charge in [0.2, 0.25) is 0 Å². The van der Waals surface area contributed by atoms with E-state index in [9.17, 15) is 0 Å². The molecule has 168 valence electrons. The van der Waals surface area contributed by atoms with Crippen molar-refractivity contribution in [3.05, 3.63) is 50.8 Å². The number of hydrogen-bond donors (Lipinski definition) is 0. The average molecular weight is 472 g/mol. The second-order valence-corrected chi connectivity index (χ2v) is 14.8. The first-order valence-electron chi connectivity index (χ1n) is 10.7. The van der Waals surface area contributed by atoms with Gasteiger partial charge < -0.3 is 9.16 Å². The van der Waals surface area contributed by atoms with Gasteiger partial charge in [0.25, 0.3) is 0 Å². The Morgan fingerprint density at radius 2 is 1.67 bits per heavy atom. The fourth-order valence-electron chi connectivity index (χ4n) is 3.44. The van der Waals surface area contributed by atoms with Crippen molar-refractivity contribution in [3.63, 3.8) is 0 Å². The summed E-state index contributed by atoms with van der Waals surface area (Å²) >= 11 is 12.5. The summed E-state index contributed by atoms with van der Waals surface area (Å²) in [7, 11) is -0.0720. The molecule has 1 aromatic heterocycles. The highest BCUT2D eigenvalue weighted by molar-refractivity contribution is 6.74. The van der Waals surface area contributed by atoms with Crippen LogP contribution in [0.4, 0.5) is 0 Å². The molecule has 1 atom stereocenters. The van der Waals surface area contributed by atoms with Gasteiger partial charge >= 0.3 is 0 Å². The number of benzene rings is 1. The van der Waals surface area contributed by atoms with Gasteiger partial charge in [0, 0.05) is 28.4 Å². The highest BCUT2D eigenvalue weighted by atomic mass is 35.5. The molecule has 2 rings (SSSR count). The number of halogens is 2. The van der Waals surface area contributed by atoms with Crippen molar-refractivity contribution in [2.75, 3.05) is 13.7 Å². The van der Waals surface area contributed by atoms with Gasteiger partial charge in [-0.05, 0) is 54.7 Å². The number of ether oxygens (including phenoxy) is 1. The van der Waals surface area contributed by atoms with Crippen molar-refractivity contribution in [2.24, 2.45) is 0 Å². The van der Waals surface area contributed by atoms with Crippen LogP contribution in [0.2, 0.25) is 28.2 Å².